The van der Waals surface area contributed by atoms with Gasteiger partial charge in [-0.1, -0.05) is 36.0 Å². The Balaban J connectivity index is 0.000000921. The third kappa shape index (κ3) is 6.85. The summed E-state index contributed by atoms with van der Waals surface area (Å²) < 4.78 is 0. The fourth-order valence-electron chi connectivity index (χ4n) is 1.36. The zero-order chi connectivity index (χ0) is 16.1. The van der Waals surface area contributed by atoms with Crippen LogP contribution in [0.5, 0.6) is 0 Å². The highest BCUT2D eigenvalue weighted by molar-refractivity contribution is 7.99. The van der Waals surface area contributed by atoms with E-state index in [1.165, 1.54) is 14.1 Å². The van der Waals surface area contributed by atoms with E-state index in [0.29, 0.717) is 11.1 Å². The first kappa shape index (κ1) is 19.1. The molecular weight excluding hydrogens is 284 g/mol. The van der Waals surface area contributed by atoms with Crippen LogP contribution in [0.1, 0.15) is 20.7 Å². The Labute approximate surface area is 129 Å². The molecule has 0 heterocycles. The number of carbonyl (C=O) groups excluding carboxylic acids is 2. The molecule has 0 aromatic heterocycles. The number of nitrogens with two attached hydrogens (primary N) is 2. The second kappa shape index (κ2) is 11.8. The molecule has 0 amide bonds. The molecule has 5 heteroatoms. The van der Waals surface area contributed by atoms with E-state index in [2.05, 4.69) is 11.5 Å². The van der Waals surface area contributed by atoms with Gasteiger partial charge in [0, 0.05) is 20.9 Å². The number of benzene rings is 2. The van der Waals surface area contributed by atoms with Crippen LogP contribution in [-0.2, 0) is 0 Å². The molecule has 0 fully saturated rings. The van der Waals surface area contributed by atoms with Gasteiger partial charge in [0.1, 0.15) is 12.6 Å². The lowest BCUT2D eigenvalue weighted by Gasteiger charge is -2.01. The molecule has 2 rings (SSSR count). The molecule has 2 aromatic carbocycles. The van der Waals surface area contributed by atoms with Crippen LogP contribution in [0.4, 0.5) is 0 Å². The quantitative estimate of drug-likeness (QED) is 0.848. The Morgan fingerprint density at radius 3 is 1.19 bits per heavy atom. The van der Waals surface area contributed by atoms with E-state index in [1.807, 2.05) is 24.3 Å². The van der Waals surface area contributed by atoms with Crippen molar-refractivity contribution in [2.75, 3.05) is 14.1 Å². The zero-order valence-corrected chi connectivity index (χ0v) is 13.0. The predicted octanol–water partition coefficient (Wildman–Crippen LogP) is 2.61. The van der Waals surface area contributed by atoms with Crippen LogP contribution in [0.15, 0.2) is 58.3 Å². The van der Waals surface area contributed by atoms with Crippen molar-refractivity contribution in [3.05, 3.63) is 59.7 Å². The van der Waals surface area contributed by atoms with Crippen LogP contribution in [0.3, 0.4) is 0 Å². The normalized spacial score (nSPS) is 8.57. The fourth-order valence-corrected chi connectivity index (χ4v) is 2.18. The Morgan fingerprint density at radius 1 is 0.667 bits per heavy atom. The second-order valence-electron chi connectivity index (χ2n) is 3.48. The molecule has 112 valence electrons. The summed E-state index contributed by atoms with van der Waals surface area (Å²) in [6.45, 7) is 0. The van der Waals surface area contributed by atoms with E-state index in [1.54, 1.807) is 36.0 Å². The molecule has 4 N–H and O–H groups in total. The molecule has 0 unspecified atom stereocenters. The van der Waals surface area contributed by atoms with Gasteiger partial charge >= 0.3 is 0 Å². The summed E-state index contributed by atoms with van der Waals surface area (Å²) in [5, 5.41) is 0. The summed E-state index contributed by atoms with van der Waals surface area (Å²) in [6, 6.07) is 14.8. The van der Waals surface area contributed by atoms with Crippen LogP contribution < -0.4 is 11.5 Å². The number of aldehydes is 2. The van der Waals surface area contributed by atoms with Crippen molar-refractivity contribution in [2.24, 2.45) is 11.5 Å². The van der Waals surface area contributed by atoms with Crippen molar-refractivity contribution in [1.29, 1.82) is 0 Å². The van der Waals surface area contributed by atoms with Gasteiger partial charge in [-0.15, -0.1) is 0 Å². The summed E-state index contributed by atoms with van der Waals surface area (Å²) in [5.41, 5.74) is 10.3. The maximum Gasteiger partial charge on any atom is 0.150 e. The van der Waals surface area contributed by atoms with Gasteiger partial charge in [-0.3, -0.25) is 9.59 Å². The highest BCUT2D eigenvalue weighted by atomic mass is 32.2. The summed E-state index contributed by atoms with van der Waals surface area (Å²) in [7, 11) is 3.00. The van der Waals surface area contributed by atoms with E-state index < -0.39 is 0 Å². The SMILES string of the molecule is CN.CN.O=Cc1ccc(Sc2ccc(C=O)cc2)cc1. The first-order chi connectivity index (χ1) is 10.3. The van der Waals surface area contributed by atoms with Gasteiger partial charge in [0.25, 0.3) is 0 Å². The Hall–Kier alpha value is -1.95. The molecule has 21 heavy (non-hydrogen) atoms. The Morgan fingerprint density at radius 2 is 0.952 bits per heavy atom. The minimum Gasteiger partial charge on any atom is -0.333 e. The molecular formula is C16H20N2O2S. The molecule has 0 saturated carbocycles. The molecule has 0 aliphatic carbocycles. The lowest BCUT2D eigenvalue weighted by atomic mass is 10.2. The summed E-state index contributed by atoms with van der Waals surface area (Å²) in [4.78, 5) is 23.1. The number of hydrogen-bond donors (Lipinski definition) is 2. The van der Waals surface area contributed by atoms with Gasteiger partial charge in [0.05, 0.1) is 0 Å². The van der Waals surface area contributed by atoms with Crippen LogP contribution >= 0.6 is 11.8 Å². The van der Waals surface area contributed by atoms with Crippen molar-refractivity contribution in [3.63, 3.8) is 0 Å². The van der Waals surface area contributed by atoms with Crippen LogP contribution in [0, 0.1) is 0 Å². The average molecular weight is 304 g/mol. The van der Waals surface area contributed by atoms with Crippen molar-refractivity contribution in [2.45, 2.75) is 9.79 Å². The van der Waals surface area contributed by atoms with E-state index in [9.17, 15) is 9.59 Å². The van der Waals surface area contributed by atoms with Crippen molar-refractivity contribution in [1.82, 2.24) is 0 Å². The van der Waals surface area contributed by atoms with Gasteiger partial charge in [-0.2, -0.15) is 0 Å². The molecule has 0 aliphatic heterocycles. The van der Waals surface area contributed by atoms with Gasteiger partial charge in [0.15, 0.2) is 0 Å². The Bertz CT molecular complexity index is 475. The van der Waals surface area contributed by atoms with Crippen molar-refractivity contribution < 1.29 is 9.59 Å². The van der Waals surface area contributed by atoms with E-state index in [4.69, 9.17) is 0 Å². The lowest BCUT2D eigenvalue weighted by Crippen LogP contribution is -1.80. The molecule has 4 nitrogen and oxygen atoms in total. The minimum absolute atomic E-state index is 0.672. The van der Waals surface area contributed by atoms with E-state index in [-0.39, 0.29) is 0 Å². The summed E-state index contributed by atoms with van der Waals surface area (Å²) >= 11 is 1.59. The molecule has 0 radical (unpaired) electrons. The third-order valence-electron chi connectivity index (χ3n) is 2.27. The molecule has 0 spiro atoms. The maximum absolute atomic E-state index is 10.5. The predicted molar refractivity (Wildman–Crippen MR) is 88.0 cm³/mol. The average Bonchev–Trinajstić information content (AvgIpc) is 2.60. The maximum atomic E-state index is 10.5. The monoisotopic (exact) mass is 304 g/mol. The molecule has 2 aromatic rings. The van der Waals surface area contributed by atoms with Gasteiger partial charge in [-0.05, 0) is 38.4 Å². The van der Waals surface area contributed by atoms with Crippen LogP contribution in [0.25, 0.3) is 0 Å². The van der Waals surface area contributed by atoms with Gasteiger partial charge in [0.2, 0.25) is 0 Å². The molecule has 0 aliphatic rings. The smallest absolute Gasteiger partial charge is 0.150 e. The number of carbonyl (C=O) groups is 2. The van der Waals surface area contributed by atoms with E-state index in [0.717, 1.165) is 22.4 Å². The number of rotatable bonds is 4. The molecule has 0 atom stereocenters. The van der Waals surface area contributed by atoms with Gasteiger partial charge in [-0.25, -0.2) is 0 Å². The first-order valence-corrected chi connectivity index (χ1v) is 7.07. The topological polar surface area (TPSA) is 86.2 Å². The number of hydrogen-bond acceptors (Lipinski definition) is 5. The second-order valence-corrected chi connectivity index (χ2v) is 4.62. The minimum atomic E-state index is 0.672. The zero-order valence-electron chi connectivity index (χ0n) is 12.2. The van der Waals surface area contributed by atoms with E-state index >= 15 is 0 Å². The largest absolute Gasteiger partial charge is 0.333 e. The molecule has 0 saturated heterocycles. The highest BCUT2D eigenvalue weighted by Gasteiger charge is 1.98. The standard InChI is InChI=1S/C14H10O2S.2CH5N/c15-9-11-1-5-13(6-2-11)17-14-7-3-12(10-16)4-8-14;2*1-2/h1-10H;2*2H2,1H3. The van der Waals surface area contributed by atoms with Crippen molar-refractivity contribution in [3.8, 4) is 0 Å². The van der Waals surface area contributed by atoms with Crippen LogP contribution in [0.2, 0.25) is 0 Å². The lowest BCUT2D eigenvalue weighted by molar-refractivity contribution is 0.111. The van der Waals surface area contributed by atoms with Gasteiger partial charge < -0.3 is 11.5 Å². The molecule has 0 bridgehead atoms. The third-order valence-corrected chi connectivity index (χ3v) is 3.28. The fraction of sp³-hybridized carbons (Fsp3) is 0.125. The summed E-state index contributed by atoms with van der Waals surface area (Å²) in [5.74, 6) is 0. The first-order valence-electron chi connectivity index (χ1n) is 6.25. The Kier molecular flexibility index (Phi) is 10.7. The van der Waals surface area contributed by atoms with Crippen molar-refractivity contribution >= 4 is 24.3 Å². The highest BCUT2D eigenvalue weighted by Crippen LogP contribution is 2.27. The summed E-state index contributed by atoms with van der Waals surface area (Å²) in [6.07, 6.45) is 1.65. The van der Waals surface area contributed by atoms with Crippen LogP contribution in [-0.4, -0.2) is 26.7 Å².